The average molecular weight is 322 g/mol. The van der Waals surface area contributed by atoms with Gasteiger partial charge in [-0.15, -0.1) is 0 Å². The van der Waals surface area contributed by atoms with Crippen LogP contribution in [0, 0.1) is 0 Å². The van der Waals surface area contributed by atoms with E-state index < -0.39 is 6.10 Å². The SMILES string of the molecule is CC.CCOCC(O)CNCCc1cc(Cl)cc(Cl)c1. The molecule has 0 radical (unpaired) electrons. The Labute approximate surface area is 132 Å². The van der Waals surface area contributed by atoms with Crippen molar-refractivity contribution in [3.63, 3.8) is 0 Å². The molecule has 0 fully saturated rings. The van der Waals surface area contributed by atoms with Crippen molar-refractivity contribution in [2.75, 3.05) is 26.3 Å². The molecule has 0 aromatic heterocycles. The number of hydrogen-bond donors (Lipinski definition) is 2. The second-order valence-corrected chi connectivity index (χ2v) is 4.92. The number of hydrogen-bond acceptors (Lipinski definition) is 3. The third-order valence-electron chi connectivity index (χ3n) is 2.41. The molecule has 0 aliphatic heterocycles. The zero-order chi connectivity index (χ0) is 15.4. The van der Waals surface area contributed by atoms with Crippen molar-refractivity contribution in [1.29, 1.82) is 0 Å². The van der Waals surface area contributed by atoms with Gasteiger partial charge in [-0.2, -0.15) is 0 Å². The van der Waals surface area contributed by atoms with Gasteiger partial charge in [0.25, 0.3) is 0 Å². The quantitative estimate of drug-likeness (QED) is 0.719. The van der Waals surface area contributed by atoms with Crippen LogP contribution in [0.15, 0.2) is 18.2 Å². The molecule has 0 spiro atoms. The van der Waals surface area contributed by atoms with Crippen LogP contribution in [0.5, 0.6) is 0 Å². The first-order valence-electron chi connectivity index (χ1n) is 7.03. The minimum Gasteiger partial charge on any atom is -0.389 e. The van der Waals surface area contributed by atoms with Gasteiger partial charge in [-0.3, -0.25) is 0 Å². The zero-order valence-corrected chi connectivity index (χ0v) is 14.0. The van der Waals surface area contributed by atoms with Crippen molar-refractivity contribution in [3.8, 4) is 0 Å². The average Bonchev–Trinajstić information content (AvgIpc) is 2.42. The number of aliphatic hydroxyl groups is 1. The van der Waals surface area contributed by atoms with Gasteiger partial charge in [0.1, 0.15) is 0 Å². The number of halogens is 2. The molecule has 0 saturated heterocycles. The summed E-state index contributed by atoms with van der Waals surface area (Å²) in [5.74, 6) is 0. The number of ether oxygens (including phenoxy) is 1. The van der Waals surface area contributed by atoms with E-state index >= 15 is 0 Å². The summed E-state index contributed by atoms with van der Waals surface area (Å²) < 4.78 is 5.12. The van der Waals surface area contributed by atoms with Crippen LogP contribution in [0.1, 0.15) is 26.3 Å². The lowest BCUT2D eigenvalue weighted by Crippen LogP contribution is -2.31. The fourth-order valence-electron chi connectivity index (χ4n) is 1.57. The molecule has 2 N–H and O–H groups in total. The number of aliphatic hydroxyl groups excluding tert-OH is 1. The van der Waals surface area contributed by atoms with E-state index in [0.29, 0.717) is 29.8 Å². The summed E-state index contributed by atoms with van der Waals surface area (Å²) in [5, 5.41) is 14.0. The van der Waals surface area contributed by atoms with E-state index in [2.05, 4.69) is 5.32 Å². The maximum absolute atomic E-state index is 9.54. The van der Waals surface area contributed by atoms with Gasteiger partial charge in [0.2, 0.25) is 0 Å². The standard InChI is InChI=1S/C13H19Cl2NO2.C2H6/c1-2-18-9-13(17)8-16-4-3-10-5-11(14)7-12(15)6-10;1-2/h5-7,13,16-17H,2-4,8-9H2,1H3;1-2H3. The molecule has 0 saturated carbocycles. The summed E-state index contributed by atoms with van der Waals surface area (Å²) in [7, 11) is 0. The van der Waals surface area contributed by atoms with Crippen molar-refractivity contribution in [1.82, 2.24) is 5.32 Å². The molecule has 1 unspecified atom stereocenters. The van der Waals surface area contributed by atoms with Gasteiger partial charge in [-0.1, -0.05) is 37.0 Å². The Hall–Kier alpha value is -0.320. The molecule has 5 heteroatoms. The molecule has 0 heterocycles. The van der Waals surface area contributed by atoms with E-state index in [1.54, 1.807) is 6.07 Å². The Kier molecular flexibility index (Phi) is 12.2. The normalized spacial score (nSPS) is 11.7. The highest BCUT2D eigenvalue weighted by Gasteiger charge is 2.03. The van der Waals surface area contributed by atoms with Gasteiger partial charge in [0.05, 0.1) is 12.7 Å². The molecule has 1 atom stereocenters. The van der Waals surface area contributed by atoms with Crippen LogP contribution in [-0.4, -0.2) is 37.5 Å². The van der Waals surface area contributed by atoms with E-state index in [4.69, 9.17) is 27.9 Å². The molecular weight excluding hydrogens is 297 g/mol. The molecule has 20 heavy (non-hydrogen) atoms. The third kappa shape index (κ3) is 9.56. The van der Waals surface area contributed by atoms with Crippen LogP contribution in [0.25, 0.3) is 0 Å². The third-order valence-corrected chi connectivity index (χ3v) is 2.84. The summed E-state index contributed by atoms with van der Waals surface area (Å²) in [6.45, 7) is 8.18. The Morgan fingerprint density at radius 2 is 1.80 bits per heavy atom. The van der Waals surface area contributed by atoms with Crippen LogP contribution in [0.3, 0.4) is 0 Å². The highest BCUT2D eigenvalue weighted by atomic mass is 35.5. The molecular formula is C15H25Cl2NO2. The Bertz CT molecular complexity index is 341. The van der Waals surface area contributed by atoms with Crippen molar-refractivity contribution in [2.45, 2.75) is 33.3 Å². The van der Waals surface area contributed by atoms with Crippen LogP contribution in [0.2, 0.25) is 10.0 Å². The molecule has 116 valence electrons. The summed E-state index contributed by atoms with van der Waals surface area (Å²) >= 11 is 11.8. The van der Waals surface area contributed by atoms with Crippen LogP contribution < -0.4 is 5.32 Å². The highest BCUT2D eigenvalue weighted by molar-refractivity contribution is 6.34. The van der Waals surface area contributed by atoms with Crippen molar-refractivity contribution < 1.29 is 9.84 Å². The minimum absolute atomic E-state index is 0.368. The molecule has 1 aromatic carbocycles. The maximum atomic E-state index is 9.54. The van der Waals surface area contributed by atoms with Crippen LogP contribution in [-0.2, 0) is 11.2 Å². The Morgan fingerprint density at radius 1 is 1.20 bits per heavy atom. The minimum atomic E-state index is -0.465. The Balaban J connectivity index is 0.00000172. The molecule has 0 aliphatic rings. The van der Waals surface area contributed by atoms with Crippen molar-refractivity contribution in [2.24, 2.45) is 0 Å². The molecule has 1 aromatic rings. The van der Waals surface area contributed by atoms with E-state index in [1.165, 1.54) is 0 Å². The lowest BCUT2D eigenvalue weighted by molar-refractivity contribution is 0.0430. The van der Waals surface area contributed by atoms with Crippen molar-refractivity contribution >= 4 is 23.2 Å². The number of benzene rings is 1. The van der Waals surface area contributed by atoms with Gasteiger partial charge in [-0.25, -0.2) is 0 Å². The zero-order valence-electron chi connectivity index (χ0n) is 12.5. The topological polar surface area (TPSA) is 41.5 Å². The van der Waals surface area contributed by atoms with Gasteiger partial charge in [-0.05, 0) is 43.7 Å². The van der Waals surface area contributed by atoms with E-state index in [-0.39, 0.29) is 0 Å². The number of nitrogens with one attached hydrogen (secondary N) is 1. The molecule has 3 nitrogen and oxygen atoms in total. The summed E-state index contributed by atoms with van der Waals surface area (Å²) in [5.41, 5.74) is 1.08. The van der Waals surface area contributed by atoms with Gasteiger partial charge < -0.3 is 15.2 Å². The first-order valence-corrected chi connectivity index (χ1v) is 7.79. The highest BCUT2D eigenvalue weighted by Crippen LogP contribution is 2.19. The summed E-state index contributed by atoms with van der Waals surface area (Å²) in [6.07, 6.45) is 0.356. The second kappa shape index (κ2) is 12.4. The lowest BCUT2D eigenvalue weighted by atomic mass is 10.1. The van der Waals surface area contributed by atoms with Crippen LogP contribution >= 0.6 is 23.2 Å². The molecule has 0 aliphatic carbocycles. The maximum Gasteiger partial charge on any atom is 0.0897 e. The monoisotopic (exact) mass is 321 g/mol. The lowest BCUT2D eigenvalue weighted by Gasteiger charge is -2.11. The van der Waals surface area contributed by atoms with E-state index in [9.17, 15) is 5.11 Å². The van der Waals surface area contributed by atoms with E-state index in [1.807, 2.05) is 32.9 Å². The van der Waals surface area contributed by atoms with Gasteiger partial charge >= 0.3 is 0 Å². The predicted octanol–water partition coefficient (Wildman–Crippen LogP) is 3.55. The summed E-state index contributed by atoms with van der Waals surface area (Å²) in [6, 6.07) is 5.50. The molecule has 1 rings (SSSR count). The summed E-state index contributed by atoms with van der Waals surface area (Å²) in [4.78, 5) is 0. The largest absolute Gasteiger partial charge is 0.389 e. The Morgan fingerprint density at radius 3 is 2.35 bits per heavy atom. The second-order valence-electron chi connectivity index (χ2n) is 4.05. The molecule has 0 amide bonds. The smallest absolute Gasteiger partial charge is 0.0897 e. The first kappa shape index (κ1) is 19.7. The van der Waals surface area contributed by atoms with E-state index in [0.717, 1.165) is 18.5 Å². The van der Waals surface area contributed by atoms with Crippen LogP contribution in [0.4, 0.5) is 0 Å². The predicted molar refractivity (Wildman–Crippen MR) is 86.9 cm³/mol. The fraction of sp³-hybridized carbons (Fsp3) is 0.600. The fourth-order valence-corrected chi connectivity index (χ4v) is 2.14. The molecule has 0 bridgehead atoms. The van der Waals surface area contributed by atoms with Crippen molar-refractivity contribution in [3.05, 3.63) is 33.8 Å². The number of rotatable bonds is 8. The van der Waals surface area contributed by atoms with Gasteiger partial charge in [0, 0.05) is 23.2 Å². The van der Waals surface area contributed by atoms with Gasteiger partial charge in [0.15, 0.2) is 0 Å². The first-order chi connectivity index (χ1) is 9.61.